The lowest BCUT2D eigenvalue weighted by atomic mass is 10.2. The molecule has 5 nitrogen and oxygen atoms in total. The van der Waals surface area contributed by atoms with Crippen molar-refractivity contribution in [3.63, 3.8) is 0 Å². The fraction of sp³-hybridized carbons (Fsp3) is 0.500. The van der Waals surface area contributed by atoms with Gasteiger partial charge >= 0.3 is 0 Å². The SMILES string of the molecule is CCN(CC)C(=O)C(C)Nc1ncccc1N. The van der Waals surface area contributed by atoms with Crippen LogP contribution in [0.5, 0.6) is 0 Å². The lowest BCUT2D eigenvalue weighted by molar-refractivity contribution is -0.131. The third-order valence-electron chi connectivity index (χ3n) is 2.64. The van der Waals surface area contributed by atoms with Gasteiger partial charge in [-0.25, -0.2) is 4.98 Å². The molecule has 1 atom stereocenters. The van der Waals surface area contributed by atoms with Crippen molar-refractivity contribution in [2.24, 2.45) is 0 Å². The van der Waals surface area contributed by atoms with Crippen molar-refractivity contribution in [1.29, 1.82) is 0 Å². The van der Waals surface area contributed by atoms with E-state index in [0.29, 0.717) is 24.6 Å². The van der Waals surface area contributed by atoms with Crippen LogP contribution in [0.3, 0.4) is 0 Å². The van der Waals surface area contributed by atoms with Crippen LogP contribution in [0.1, 0.15) is 20.8 Å². The number of nitrogen functional groups attached to an aromatic ring is 1. The standard InChI is InChI=1S/C12H20N4O/c1-4-16(5-2)12(17)9(3)15-11-10(13)7-6-8-14-11/h6-9H,4-5,13H2,1-3H3,(H,14,15). The van der Waals surface area contributed by atoms with E-state index in [1.54, 1.807) is 23.2 Å². The molecule has 0 aliphatic rings. The van der Waals surface area contributed by atoms with Crippen LogP contribution in [-0.2, 0) is 4.79 Å². The molecule has 0 saturated carbocycles. The van der Waals surface area contributed by atoms with Gasteiger partial charge in [0.25, 0.3) is 0 Å². The second kappa shape index (κ2) is 6.08. The third kappa shape index (κ3) is 3.34. The Bertz CT molecular complexity index is 377. The molecule has 0 bridgehead atoms. The summed E-state index contributed by atoms with van der Waals surface area (Å²) in [6.45, 7) is 7.15. The van der Waals surface area contributed by atoms with Gasteiger partial charge in [0, 0.05) is 19.3 Å². The normalized spacial score (nSPS) is 11.9. The van der Waals surface area contributed by atoms with Gasteiger partial charge in [-0.1, -0.05) is 0 Å². The number of hydrogen-bond acceptors (Lipinski definition) is 4. The van der Waals surface area contributed by atoms with Crippen molar-refractivity contribution >= 4 is 17.4 Å². The van der Waals surface area contributed by atoms with Gasteiger partial charge in [-0.15, -0.1) is 0 Å². The Morgan fingerprint density at radius 1 is 1.53 bits per heavy atom. The highest BCUT2D eigenvalue weighted by atomic mass is 16.2. The molecule has 5 heteroatoms. The van der Waals surface area contributed by atoms with Gasteiger partial charge in [-0.3, -0.25) is 4.79 Å². The topological polar surface area (TPSA) is 71.2 Å². The number of anilines is 2. The van der Waals surface area contributed by atoms with E-state index in [2.05, 4.69) is 10.3 Å². The van der Waals surface area contributed by atoms with E-state index in [9.17, 15) is 4.79 Å². The summed E-state index contributed by atoms with van der Waals surface area (Å²) in [4.78, 5) is 17.9. The maximum Gasteiger partial charge on any atom is 0.244 e. The minimum Gasteiger partial charge on any atom is -0.396 e. The summed E-state index contributed by atoms with van der Waals surface area (Å²) < 4.78 is 0. The van der Waals surface area contributed by atoms with E-state index >= 15 is 0 Å². The van der Waals surface area contributed by atoms with Crippen LogP contribution in [-0.4, -0.2) is 34.9 Å². The smallest absolute Gasteiger partial charge is 0.244 e. The molecule has 0 saturated heterocycles. The van der Waals surface area contributed by atoms with Crippen molar-refractivity contribution in [2.45, 2.75) is 26.8 Å². The van der Waals surface area contributed by atoms with E-state index in [1.165, 1.54) is 0 Å². The number of nitrogens with one attached hydrogen (secondary N) is 1. The van der Waals surface area contributed by atoms with Crippen LogP contribution in [0.25, 0.3) is 0 Å². The summed E-state index contributed by atoms with van der Waals surface area (Å²) >= 11 is 0. The summed E-state index contributed by atoms with van der Waals surface area (Å²) in [6, 6.07) is 3.19. The van der Waals surface area contributed by atoms with Crippen molar-refractivity contribution in [3.8, 4) is 0 Å². The van der Waals surface area contributed by atoms with E-state index in [4.69, 9.17) is 5.73 Å². The van der Waals surface area contributed by atoms with Crippen LogP contribution >= 0.6 is 0 Å². The number of rotatable bonds is 5. The number of carbonyl (C=O) groups is 1. The lowest BCUT2D eigenvalue weighted by Gasteiger charge is -2.24. The number of nitrogens with two attached hydrogens (primary N) is 1. The summed E-state index contributed by atoms with van der Waals surface area (Å²) in [5.74, 6) is 0.612. The molecule has 0 fully saturated rings. The number of pyridine rings is 1. The molecule has 0 aliphatic carbocycles. The largest absolute Gasteiger partial charge is 0.396 e. The van der Waals surface area contributed by atoms with Crippen molar-refractivity contribution in [1.82, 2.24) is 9.88 Å². The van der Waals surface area contributed by atoms with Crippen molar-refractivity contribution < 1.29 is 4.79 Å². The minimum absolute atomic E-state index is 0.0556. The van der Waals surface area contributed by atoms with Gasteiger partial charge in [-0.2, -0.15) is 0 Å². The van der Waals surface area contributed by atoms with Gasteiger partial charge in [-0.05, 0) is 32.9 Å². The second-order valence-corrected chi connectivity index (χ2v) is 3.82. The average molecular weight is 236 g/mol. The molecule has 94 valence electrons. The molecule has 17 heavy (non-hydrogen) atoms. The highest BCUT2D eigenvalue weighted by Gasteiger charge is 2.18. The summed E-state index contributed by atoms with van der Waals surface area (Å²) in [5, 5.41) is 3.03. The van der Waals surface area contributed by atoms with Crippen molar-refractivity contribution in [2.75, 3.05) is 24.1 Å². The number of hydrogen-bond donors (Lipinski definition) is 2. The monoisotopic (exact) mass is 236 g/mol. The molecule has 1 heterocycles. The molecule has 1 aromatic rings. The van der Waals surface area contributed by atoms with Crippen LogP contribution in [0.4, 0.5) is 11.5 Å². The highest BCUT2D eigenvalue weighted by Crippen LogP contribution is 2.14. The number of carbonyl (C=O) groups excluding carboxylic acids is 1. The zero-order valence-corrected chi connectivity index (χ0v) is 10.6. The Labute approximate surface area is 102 Å². The molecular weight excluding hydrogens is 216 g/mol. The number of aromatic nitrogens is 1. The molecule has 0 aromatic carbocycles. The molecule has 1 rings (SSSR count). The van der Waals surface area contributed by atoms with E-state index in [-0.39, 0.29) is 11.9 Å². The summed E-state index contributed by atoms with van der Waals surface area (Å²) in [7, 11) is 0. The number of likely N-dealkylation sites (N-methyl/N-ethyl adjacent to an activating group) is 1. The Hall–Kier alpha value is -1.78. The third-order valence-corrected chi connectivity index (χ3v) is 2.64. The molecule has 3 N–H and O–H groups in total. The van der Waals surface area contributed by atoms with Gasteiger partial charge in [0.2, 0.25) is 5.91 Å². The zero-order valence-electron chi connectivity index (χ0n) is 10.6. The molecule has 1 amide bonds. The van der Waals surface area contributed by atoms with Crippen molar-refractivity contribution in [3.05, 3.63) is 18.3 Å². The number of nitrogens with zero attached hydrogens (tertiary/aromatic N) is 2. The highest BCUT2D eigenvalue weighted by molar-refractivity contribution is 5.84. The molecule has 1 aromatic heterocycles. The Balaban J connectivity index is 2.69. The van der Waals surface area contributed by atoms with Crippen LogP contribution < -0.4 is 11.1 Å². The minimum atomic E-state index is -0.327. The average Bonchev–Trinajstić information content (AvgIpc) is 2.33. The fourth-order valence-electron chi connectivity index (χ4n) is 1.61. The van der Waals surface area contributed by atoms with E-state index in [0.717, 1.165) is 0 Å². The first-order valence-corrected chi connectivity index (χ1v) is 5.85. The summed E-state index contributed by atoms with van der Waals surface area (Å²) in [5.41, 5.74) is 6.31. The Kier molecular flexibility index (Phi) is 4.75. The Morgan fingerprint density at radius 3 is 2.71 bits per heavy atom. The maximum absolute atomic E-state index is 12.0. The first kappa shape index (κ1) is 13.3. The van der Waals surface area contributed by atoms with Gasteiger partial charge in [0.15, 0.2) is 0 Å². The molecule has 0 radical (unpaired) electrons. The Morgan fingerprint density at radius 2 is 2.18 bits per heavy atom. The van der Waals surface area contributed by atoms with E-state index < -0.39 is 0 Å². The predicted molar refractivity (Wildman–Crippen MR) is 69.7 cm³/mol. The fourth-order valence-corrected chi connectivity index (χ4v) is 1.61. The second-order valence-electron chi connectivity index (χ2n) is 3.82. The van der Waals surface area contributed by atoms with Gasteiger partial charge < -0.3 is 16.0 Å². The number of amides is 1. The predicted octanol–water partition coefficient (Wildman–Crippen LogP) is 1.33. The van der Waals surface area contributed by atoms with Crippen LogP contribution in [0.15, 0.2) is 18.3 Å². The van der Waals surface area contributed by atoms with Crippen LogP contribution in [0, 0.1) is 0 Å². The van der Waals surface area contributed by atoms with Gasteiger partial charge in [0.05, 0.1) is 5.69 Å². The summed E-state index contributed by atoms with van der Waals surface area (Å²) in [6.07, 6.45) is 1.65. The molecule has 1 unspecified atom stereocenters. The molecular formula is C12H20N4O. The first-order valence-electron chi connectivity index (χ1n) is 5.85. The molecule has 0 spiro atoms. The first-order chi connectivity index (χ1) is 8.10. The quantitative estimate of drug-likeness (QED) is 0.809. The van der Waals surface area contributed by atoms with E-state index in [1.807, 2.05) is 20.8 Å². The van der Waals surface area contributed by atoms with Crippen LogP contribution in [0.2, 0.25) is 0 Å². The zero-order chi connectivity index (χ0) is 12.8. The van der Waals surface area contributed by atoms with Gasteiger partial charge in [0.1, 0.15) is 11.9 Å². The lowest BCUT2D eigenvalue weighted by Crippen LogP contribution is -2.41. The maximum atomic E-state index is 12.0. The molecule has 0 aliphatic heterocycles.